The van der Waals surface area contributed by atoms with Gasteiger partial charge in [-0.2, -0.15) is 0 Å². The van der Waals surface area contributed by atoms with Gasteiger partial charge in [-0.15, -0.1) is 0 Å². The third-order valence-corrected chi connectivity index (χ3v) is 1.93. The first kappa shape index (κ1) is 14.9. The number of rotatable bonds is 4. The van der Waals surface area contributed by atoms with Crippen molar-refractivity contribution in [2.75, 3.05) is 32.5 Å². The fraction of sp³-hybridized carbons (Fsp3) is 0.538. The summed E-state index contributed by atoms with van der Waals surface area (Å²) in [6.45, 7) is 7.66. The largest absolute Gasteiger partial charge is 0.384 e. The lowest BCUT2D eigenvalue weighted by Gasteiger charge is -2.11. The molecule has 1 aromatic carbocycles. The summed E-state index contributed by atoms with van der Waals surface area (Å²) in [4.78, 5) is 2.08. The van der Waals surface area contributed by atoms with Gasteiger partial charge in [-0.25, -0.2) is 4.39 Å². The van der Waals surface area contributed by atoms with Crippen LogP contribution in [0.2, 0.25) is 0 Å². The Morgan fingerprint density at radius 2 is 1.81 bits per heavy atom. The van der Waals surface area contributed by atoms with Gasteiger partial charge in [0.2, 0.25) is 0 Å². The number of benzene rings is 1. The van der Waals surface area contributed by atoms with Crippen LogP contribution in [0.3, 0.4) is 0 Å². The van der Waals surface area contributed by atoms with Gasteiger partial charge < -0.3 is 10.2 Å². The molecule has 0 aromatic heterocycles. The third kappa shape index (κ3) is 6.40. The molecular formula is C13H23FN2. The van der Waals surface area contributed by atoms with Gasteiger partial charge in [0.15, 0.2) is 0 Å². The molecule has 0 radical (unpaired) electrons. The highest BCUT2D eigenvalue weighted by Gasteiger charge is 1.97. The van der Waals surface area contributed by atoms with E-state index in [0.717, 1.165) is 24.3 Å². The number of nitrogens with one attached hydrogen (secondary N) is 1. The number of likely N-dealkylation sites (N-methyl/N-ethyl adjacent to an activating group) is 1. The second kappa shape index (κ2) is 8.11. The van der Waals surface area contributed by atoms with Crippen molar-refractivity contribution in [3.8, 4) is 0 Å². The van der Waals surface area contributed by atoms with Gasteiger partial charge in [-0.1, -0.05) is 13.8 Å². The Balaban J connectivity index is 0.00000106. The average Bonchev–Trinajstić information content (AvgIpc) is 2.18. The summed E-state index contributed by atoms with van der Waals surface area (Å²) in [6.07, 6.45) is 0. The number of nitrogens with zero attached hydrogens (tertiary/aromatic N) is 1. The molecule has 0 aliphatic rings. The maximum Gasteiger partial charge on any atom is 0.125 e. The van der Waals surface area contributed by atoms with E-state index in [0.29, 0.717) is 0 Å². The molecule has 0 unspecified atom stereocenters. The van der Waals surface area contributed by atoms with E-state index in [-0.39, 0.29) is 5.82 Å². The van der Waals surface area contributed by atoms with Crippen molar-refractivity contribution in [3.05, 3.63) is 29.6 Å². The minimum absolute atomic E-state index is 0.183. The SMILES string of the molecule is CC.Cc1cc(F)cc(NCCN(C)C)c1. The Labute approximate surface area is 98.5 Å². The van der Waals surface area contributed by atoms with Crippen LogP contribution in [-0.2, 0) is 0 Å². The predicted octanol–water partition coefficient (Wildman–Crippen LogP) is 3.13. The van der Waals surface area contributed by atoms with Gasteiger partial charge in [-0.05, 0) is 44.8 Å². The smallest absolute Gasteiger partial charge is 0.125 e. The minimum atomic E-state index is -0.183. The molecular weight excluding hydrogens is 203 g/mol. The summed E-state index contributed by atoms with van der Waals surface area (Å²) in [5, 5.41) is 3.18. The van der Waals surface area contributed by atoms with Crippen molar-refractivity contribution in [2.24, 2.45) is 0 Å². The molecule has 0 aliphatic carbocycles. The van der Waals surface area contributed by atoms with Crippen molar-refractivity contribution in [1.82, 2.24) is 4.90 Å². The molecule has 0 saturated carbocycles. The molecule has 3 heteroatoms. The van der Waals surface area contributed by atoms with E-state index in [1.54, 1.807) is 0 Å². The van der Waals surface area contributed by atoms with Gasteiger partial charge in [-0.3, -0.25) is 0 Å². The van der Waals surface area contributed by atoms with Crippen molar-refractivity contribution in [3.63, 3.8) is 0 Å². The summed E-state index contributed by atoms with van der Waals surface area (Å²) >= 11 is 0. The predicted molar refractivity (Wildman–Crippen MR) is 69.5 cm³/mol. The summed E-state index contributed by atoms with van der Waals surface area (Å²) in [7, 11) is 4.02. The van der Waals surface area contributed by atoms with E-state index in [9.17, 15) is 4.39 Å². The number of anilines is 1. The molecule has 0 heterocycles. The van der Waals surface area contributed by atoms with Gasteiger partial charge in [0.1, 0.15) is 5.82 Å². The zero-order chi connectivity index (χ0) is 12.6. The van der Waals surface area contributed by atoms with Crippen LogP contribution < -0.4 is 5.32 Å². The fourth-order valence-corrected chi connectivity index (χ4v) is 1.26. The second-order valence-electron chi connectivity index (χ2n) is 3.75. The van der Waals surface area contributed by atoms with Crippen LogP contribution >= 0.6 is 0 Å². The lowest BCUT2D eigenvalue weighted by Crippen LogP contribution is -2.20. The number of halogens is 1. The molecule has 92 valence electrons. The summed E-state index contributed by atoms with van der Waals surface area (Å²) < 4.78 is 13.0. The molecule has 0 bridgehead atoms. The standard InChI is InChI=1S/C11H17FN2.C2H6/c1-9-6-10(12)8-11(7-9)13-4-5-14(2)3;1-2/h6-8,13H,4-5H2,1-3H3;1-2H3. The van der Waals surface area contributed by atoms with E-state index < -0.39 is 0 Å². The van der Waals surface area contributed by atoms with E-state index in [2.05, 4.69) is 10.2 Å². The van der Waals surface area contributed by atoms with Gasteiger partial charge in [0, 0.05) is 18.8 Å². The topological polar surface area (TPSA) is 15.3 Å². The van der Waals surface area contributed by atoms with Crippen LogP contribution in [0.15, 0.2) is 18.2 Å². The zero-order valence-corrected chi connectivity index (χ0v) is 11.0. The fourth-order valence-electron chi connectivity index (χ4n) is 1.26. The molecule has 0 saturated heterocycles. The van der Waals surface area contributed by atoms with Crippen LogP contribution in [0, 0.1) is 12.7 Å². The van der Waals surface area contributed by atoms with Gasteiger partial charge >= 0.3 is 0 Å². The minimum Gasteiger partial charge on any atom is -0.384 e. The van der Waals surface area contributed by atoms with E-state index in [1.165, 1.54) is 12.1 Å². The second-order valence-corrected chi connectivity index (χ2v) is 3.75. The maximum atomic E-state index is 13.0. The normalized spacial score (nSPS) is 9.69. The Hall–Kier alpha value is -1.09. The first-order valence-corrected chi connectivity index (χ1v) is 5.74. The first-order chi connectivity index (χ1) is 7.58. The molecule has 0 atom stereocenters. The number of hydrogen-bond acceptors (Lipinski definition) is 2. The molecule has 0 fully saturated rings. The van der Waals surface area contributed by atoms with Crippen LogP contribution in [-0.4, -0.2) is 32.1 Å². The molecule has 2 nitrogen and oxygen atoms in total. The number of hydrogen-bond donors (Lipinski definition) is 1. The Morgan fingerprint density at radius 3 is 2.31 bits per heavy atom. The van der Waals surface area contributed by atoms with Crippen LogP contribution in [0.5, 0.6) is 0 Å². The zero-order valence-electron chi connectivity index (χ0n) is 11.0. The maximum absolute atomic E-state index is 13.0. The molecule has 16 heavy (non-hydrogen) atoms. The van der Waals surface area contributed by atoms with Crippen molar-refractivity contribution in [2.45, 2.75) is 20.8 Å². The van der Waals surface area contributed by atoms with E-state index in [1.807, 2.05) is 40.9 Å². The molecule has 1 aromatic rings. The lowest BCUT2D eigenvalue weighted by molar-refractivity contribution is 0.425. The van der Waals surface area contributed by atoms with Crippen LogP contribution in [0.25, 0.3) is 0 Å². The Morgan fingerprint density at radius 1 is 1.19 bits per heavy atom. The van der Waals surface area contributed by atoms with Gasteiger partial charge in [0.05, 0.1) is 0 Å². The Bertz CT molecular complexity index is 278. The summed E-state index contributed by atoms with van der Waals surface area (Å²) in [5.74, 6) is -0.183. The average molecular weight is 226 g/mol. The van der Waals surface area contributed by atoms with Crippen molar-refractivity contribution >= 4 is 5.69 Å². The number of aryl methyl sites for hydroxylation is 1. The highest BCUT2D eigenvalue weighted by Crippen LogP contribution is 2.12. The molecule has 0 amide bonds. The van der Waals surface area contributed by atoms with Crippen molar-refractivity contribution < 1.29 is 4.39 Å². The third-order valence-electron chi connectivity index (χ3n) is 1.93. The van der Waals surface area contributed by atoms with E-state index in [4.69, 9.17) is 0 Å². The van der Waals surface area contributed by atoms with Crippen LogP contribution in [0.1, 0.15) is 19.4 Å². The lowest BCUT2D eigenvalue weighted by atomic mass is 10.2. The first-order valence-electron chi connectivity index (χ1n) is 5.74. The molecule has 1 N–H and O–H groups in total. The highest BCUT2D eigenvalue weighted by molar-refractivity contribution is 5.45. The van der Waals surface area contributed by atoms with E-state index >= 15 is 0 Å². The van der Waals surface area contributed by atoms with Crippen molar-refractivity contribution in [1.29, 1.82) is 0 Å². The molecule has 0 spiro atoms. The Kier molecular flexibility index (Phi) is 7.56. The summed E-state index contributed by atoms with van der Waals surface area (Å²) in [6, 6.07) is 4.98. The highest BCUT2D eigenvalue weighted by atomic mass is 19.1. The van der Waals surface area contributed by atoms with Crippen LogP contribution in [0.4, 0.5) is 10.1 Å². The monoisotopic (exact) mass is 226 g/mol. The molecule has 1 rings (SSSR count). The van der Waals surface area contributed by atoms with Gasteiger partial charge in [0.25, 0.3) is 0 Å². The quantitative estimate of drug-likeness (QED) is 0.848. The summed E-state index contributed by atoms with van der Waals surface area (Å²) in [5.41, 5.74) is 1.79. The molecule has 0 aliphatic heterocycles.